The van der Waals surface area contributed by atoms with E-state index in [1.807, 2.05) is 26.2 Å². The van der Waals surface area contributed by atoms with Crippen LogP contribution in [-0.2, 0) is 19.9 Å². The van der Waals surface area contributed by atoms with Crippen LogP contribution < -0.4 is 0 Å². The van der Waals surface area contributed by atoms with Crippen molar-refractivity contribution < 1.29 is 4.79 Å². The van der Waals surface area contributed by atoms with Gasteiger partial charge in [-0.15, -0.1) is 0 Å². The van der Waals surface area contributed by atoms with Gasteiger partial charge in [0.1, 0.15) is 0 Å². The predicted octanol–water partition coefficient (Wildman–Crippen LogP) is 2.19. The SMILES string of the molecule is CCc1cnccc1C(=O)CCc1cnn(C)c1. The fourth-order valence-corrected chi connectivity index (χ4v) is 1.97. The van der Waals surface area contributed by atoms with Gasteiger partial charge in [0.15, 0.2) is 5.78 Å². The van der Waals surface area contributed by atoms with Crippen LogP contribution in [0.25, 0.3) is 0 Å². The van der Waals surface area contributed by atoms with E-state index in [0.29, 0.717) is 6.42 Å². The van der Waals surface area contributed by atoms with Crippen LogP contribution in [0.2, 0.25) is 0 Å². The molecule has 0 unspecified atom stereocenters. The van der Waals surface area contributed by atoms with Gasteiger partial charge in [0.25, 0.3) is 0 Å². The Bertz CT molecular complexity index is 545. The molecule has 0 aliphatic heterocycles. The first-order valence-electron chi connectivity index (χ1n) is 6.14. The number of ketones is 1. The Morgan fingerprint density at radius 1 is 1.39 bits per heavy atom. The first-order valence-corrected chi connectivity index (χ1v) is 6.14. The molecule has 0 spiro atoms. The van der Waals surface area contributed by atoms with E-state index in [1.54, 1.807) is 23.3 Å². The Balaban J connectivity index is 2.03. The first-order chi connectivity index (χ1) is 8.70. The van der Waals surface area contributed by atoms with Crippen molar-refractivity contribution in [2.24, 2.45) is 7.05 Å². The molecule has 2 heterocycles. The number of nitrogens with zero attached hydrogens (tertiary/aromatic N) is 3. The topological polar surface area (TPSA) is 47.8 Å². The molecule has 0 bridgehead atoms. The van der Waals surface area contributed by atoms with E-state index in [1.165, 1.54) is 0 Å². The molecule has 4 heteroatoms. The van der Waals surface area contributed by atoms with Gasteiger partial charge < -0.3 is 0 Å². The Labute approximate surface area is 107 Å². The van der Waals surface area contributed by atoms with Gasteiger partial charge in [-0.25, -0.2) is 0 Å². The van der Waals surface area contributed by atoms with Crippen LogP contribution in [-0.4, -0.2) is 20.5 Å². The summed E-state index contributed by atoms with van der Waals surface area (Å²) in [6, 6.07) is 1.81. The van der Waals surface area contributed by atoms with Crippen LogP contribution in [0, 0.1) is 0 Å². The lowest BCUT2D eigenvalue weighted by Gasteiger charge is -2.05. The number of aryl methyl sites for hydroxylation is 3. The summed E-state index contributed by atoms with van der Waals surface area (Å²) in [5.74, 6) is 0.179. The lowest BCUT2D eigenvalue weighted by molar-refractivity contribution is 0.0982. The molecule has 0 saturated carbocycles. The second-order valence-electron chi connectivity index (χ2n) is 4.33. The summed E-state index contributed by atoms with van der Waals surface area (Å²) >= 11 is 0. The van der Waals surface area contributed by atoms with Crippen molar-refractivity contribution in [3.63, 3.8) is 0 Å². The average molecular weight is 243 g/mol. The molecular formula is C14H17N3O. The van der Waals surface area contributed by atoms with Gasteiger partial charge in [-0.2, -0.15) is 5.10 Å². The summed E-state index contributed by atoms with van der Waals surface area (Å²) in [5.41, 5.74) is 2.92. The van der Waals surface area contributed by atoms with Crippen LogP contribution in [0.4, 0.5) is 0 Å². The van der Waals surface area contributed by atoms with E-state index < -0.39 is 0 Å². The van der Waals surface area contributed by atoms with Gasteiger partial charge >= 0.3 is 0 Å². The van der Waals surface area contributed by atoms with Crippen molar-refractivity contribution in [3.8, 4) is 0 Å². The molecule has 0 atom stereocenters. The largest absolute Gasteiger partial charge is 0.294 e. The van der Waals surface area contributed by atoms with Gasteiger partial charge in [0.2, 0.25) is 0 Å². The van der Waals surface area contributed by atoms with E-state index in [-0.39, 0.29) is 5.78 Å². The number of Topliss-reactive ketones (excluding diaryl/α,β-unsaturated/α-hetero) is 1. The molecule has 0 amide bonds. The maximum atomic E-state index is 12.1. The van der Waals surface area contributed by atoms with Gasteiger partial charge in [0, 0.05) is 37.6 Å². The van der Waals surface area contributed by atoms with Crippen molar-refractivity contribution in [1.82, 2.24) is 14.8 Å². The molecule has 0 saturated heterocycles. The number of hydrogen-bond donors (Lipinski definition) is 0. The Morgan fingerprint density at radius 2 is 2.22 bits per heavy atom. The lowest BCUT2D eigenvalue weighted by atomic mass is 10.00. The maximum absolute atomic E-state index is 12.1. The summed E-state index contributed by atoms with van der Waals surface area (Å²) in [6.45, 7) is 2.04. The highest BCUT2D eigenvalue weighted by Gasteiger charge is 2.10. The van der Waals surface area contributed by atoms with Gasteiger partial charge in [-0.05, 0) is 30.0 Å². The Morgan fingerprint density at radius 3 is 2.89 bits per heavy atom. The number of pyridine rings is 1. The molecule has 94 valence electrons. The molecule has 4 nitrogen and oxygen atoms in total. The molecule has 0 radical (unpaired) electrons. The normalized spacial score (nSPS) is 10.6. The molecule has 0 aliphatic rings. The number of carbonyl (C=O) groups is 1. The molecule has 2 aromatic rings. The molecule has 18 heavy (non-hydrogen) atoms. The monoisotopic (exact) mass is 243 g/mol. The van der Waals surface area contributed by atoms with E-state index in [0.717, 1.165) is 29.5 Å². The molecule has 0 N–H and O–H groups in total. The Hall–Kier alpha value is -1.97. The second kappa shape index (κ2) is 5.58. The van der Waals surface area contributed by atoms with E-state index >= 15 is 0 Å². The zero-order valence-electron chi connectivity index (χ0n) is 10.8. The highest BCUT2D eigenvalue weighted by atomic mass is 16.1. The van der Waals surface area contributed by atoms with E-state index in [9.17, 15) is 4.79 Å². The summed E-state index contributed by atoms with van der Waals surface area (Å²) < 4.78 is 1.75. The molecule has 0 aliphatic carbocycles. The minimum atomic E-state index is 0.179. The third kappa shape index (κ3) is 2.83. The maximum Gasteiger partial charge on any atom is 0.163 e. The van der Waals surface area contributed by atoms with E-state index in [2.05, 4.69) is 10.1 Å². The van der Waals surface area contributed by atoms with Gasteiger partial charge in [-0.1, -0.05) is 6.92 Å². The van der Waals surface area contributed by atoms with Crippen LogP contribution in [0.5, 0.6) is 0 Å². The molecule has 2 rings (SSSR count). The quantitative estimate of drug-likeness (QED) is 0.756. The van der Waals surface area contributed by atoms with Crippen molar-refractivity contribution in [2.75, 3.05) is 0 Å². The number of aromatic nitrogens is 3. The smallest absolute Gasteiger partial charge is 0.163 e. The highest BCUT2D eigenvalue weighted by Crippen LogP contribution is 2.12. The summed E-state index contributed by atoms with van der Waals surface area (Å²) in [5, 5.41) is 4.10. The van der Waals surface area contributed by atoms with Crippen LogP contribution >= 0.6 is 0 Å². The highest BCUT2D eigenvalue weighted by molar-refractivity contribution is 5.97. The van der Waals surface area contributed by atoms with Crippen LogP contribution in [0.1, 0.15) is 34.8 Å². The fourth-order valence-electron chi connectivity index (χ4n) is 1.97. The van der Waals surface area contributed by atoms with E-state index in [4.69, 9.17) is 0 Å². The Kier molecular flexibility index (Phi) is 3.87. The minimum Gasteiger partial charge on any atom is -0.294 e. The average Bonchev–Trinajstić information content (AvgIpc) is 2.81. The third-order valence-electron chi connectivity index (χ3n) is 2.98. The molecular weight excluding hydrogens is 226 g/mol. The van der Waals surface area contributed by atoms with Crippen LogP contribution in [0.3, 0.4) is 0 Å². The summed E-state index contributed by atoms with van der Waals surface area (Å²) in [7, 11) is 1.88. The van der Waals surface area contributed by atoms with Crippen molar-refractivity contribution in [2.45, 2.75) is 26.2 Å². The lowest BCUT2D eigenvalue weighted by Crippen LogP contribution is -2.05. The molecule has 0 fully saturated rings. The van der Waals surface area contributed by atoms with Crippen LogP contribution in [0.15, 0.2) is 30.9 Å². The third-order valence-corrected chi connectivity index (χ3v) is 2.98. The number of carbonyl (C=O) groups excluding carboxylic acids is 1. The first kappa shape index (κ1) is 12.5. The standard InChI is InChI=1S/C14H17N3O/c1-3-12-9-15-7-6-13(12)14(18)5-4-11-8-16-17(2)10-11/h6-10H,3-5H2,1-2H3. The zero-order chi connectivity index (χ0) is 13.0. The summed E-state index contributed by atoms with van der Waals surface area (Å²) in [6.07, 6.45) is 9.29. The van der Waals surface area contributed by atoms with Crippen molar-refractivity contribution in [1.29, 1.82) is 0 Å². The fraction of sp³-hybridized carbons (Fsp3) is 0.357. The minimum absolute atomic E-state index is 0.179. The number of rotatable bonds is 5. The summed E-state index contributed by atoms with van der Waals surface area (Å²) in [4.78, 5) is 16.2. The second-order valence-corrected chi connectivity index (χ2v) is 4.33. The number of hydrogen-bond acceptors (Lipinski definition) is 3. The predicted molar refractivity (Wildman–Crippen MR) is 69.5 cm³/mol. The van der Waals surface area contributed by atoms with Gasteiger partial charge in [-0.3, -0.25) is 14.5 Å². The molecule has 0 aromatic carbocycles. The zero-order valence-corrected chi connectivity index (χ0v) is 10.8. The van der Waals surface area contributed by atoms with Crippen molar-refractivity contribution >= 4 is 5.78 Å². The van der Waals surface area contributed by atoms with Gasteiger partial charge in [0.05, 0.1) is 6.20 Å². The molecule has 2 aromatic heterocycles. The van der Waals surface area contributed by atoms with Crippen molar-refractivity contribution in [3.05, 3.63) is 47.5 Å².